The number of amides is 1. The van der Waals surface area contributed by atoms with E-state index in [1.54, 1.807) is 6.07 Å². The molecule has 31 heavy (non-hydrogen) atoms. The molecular formula is C21H20N4O5S. The van der Waals surface area contributed by atoms with Crippen LogP contribution < -0.4 is 14.2 Å². The van der Waals surface area contributed by atoms with Crippen LogP contribution in [0.25, 0.3) is 0 Å². The molecule has 1 aliphatic heterocycles. The van der Waals surface area contributed by atoms with Gasteiger partial charge in [-0.15, -0.1) is 0 Å². The molecule has 0 atom stereocenters. The lowest BCUT2D eigenvalue weighted by molar-refractivity contribution is 0.0762. The molecular weight excluding hydrogens is 420 g/mol. The van der Waals surface area contributed by atoms with E-state index in [1.807, 2.05) is 12.1 Å². The average Bonchev–Trinajstić information content (AvgIpc) is 2.78. The minimum absolute atomic E-state index is 0.0242. The Hall–Kier alpha value is -3.76. The van der Waals surface area contributed by atoms with Gasteiger partial charge in [-0.3, -0.25) is 9.52 Å². The highest BCUT2D eigenvalue weighted by atomic mass is 32.2. The molecule has 2 aromatic rings. The van der Waals surface area contributed by atoms with E-state index in [4.69, 9.17) is 20.0 Å². The Labute approximate surface area is 180 Å². The first kappa shape index (κ1) is 21.9. The molecule has 1 heterocycles. The number of hydrogen-bond acceptors (Lipinski definition) is 7. The summed E-state index contributed by atoms with van der Waals surface area (Å²) in [5, 5.41) is 17.5. The van der Waals surface area contributed by atoms with Crippen molar-refractivity contribution in [3.8, 4) is 23.6 Å². The van der Waals surface area contributed by atoms with Crippen LogP contribution in [-0.4, -0.2) is 45.5 Å². The molecule has 0 unspecified atom stereocenters. The summed E-state index contributed by atoms with van der Waals surface area (Å²) in [6.07, 6.45) is 0.315. The van der Waals surface area contributed by atoms with Crippen LogP contribution in [-0.2, 0) is 10.0 Å². The van der Waals surface area contributed by atoms with Crippen molar-refractivity contribution in [1.29, 1.82) is 10.5 Å². The first-order chi connectivity index (χ1) is 14.9. The zero-order valence-electron chi connectivity index (χ0n) is 16.6. The second kappa shape index (κ2) is 9.83. The van der Waals surface area contributed by atoms with E-state index >= 15 is 0 Å². The van der Waals surface area contributed by atoms with E-state index in [2.05, 4.69) is 4.72 Å². The Kier molecular flexibility index (Phi) is 6.96. The van der Waals surface area contributed by atoms with Crippen molar-refractivity contribution in [1.82, 2.24) is 4.90 Å². The zero-order chi connectivity index (χ0) is 22.3. The second-order valence-corrected chi connectivity index (χ2v) is 8.28. The molecule has 1 amide bonds. The number of carbonyl (C=O) groups is 1. The summed E-state index contributed by atoms with van der Waals surface area (Å²) >= 11 is 0. The third kappa shape index (κ3) is 5.44. The molecule has 0 saturated carbocycles. The van der Waals surface area contributed by atoms with Crippen molar-refractivity contribution in [2.75, 3.05) is 31.0 Å². The van der Waals surface area contributed by atoms with Crippen LogP contribution in [0.3, 0.4) is 0 Å². The van der Waals surface area contributed by atoms with Crippen LogP contribution >= 0.6 is 0 Å². The molecule has 0 radical (unpaired) electrons. The van der Waals surface area contributed by atoms with Crippen molar-refractivity contribution in [2.24, 2.45) is 0 Å². The number of sulfonamides is 1. The predicted molar refractivity (Wildman–Crippen MR) is 111 cm³/mol. The smallest absolute Gasteiger partial charge is 0.262 e. The number of hydrogen-bond donors (Lipinski definition) is 1. The molecule has 0 bridgehead atoms. The van der Waals surface area contributed by atoms with Crippen LogP contribution in [0.15, 0.2) is 47.4 Å². The lowest BCUT2D eigenvalue weighted by Crippen LogP contribution is -2.32. The molecule has 3 rings (SSSR count). The number of nitrogens with one attached hydrogen (secondary N) is 1. The van der Waals surface area contributed by atoms with E-state index in [1.165, 1.54) is 41.3 Å². The largest absolute Gasteiger partial charge is 0.486 e. The van der Waals surface area contributed by atoms with Gasteiger partial charge in [0.05, 0.1) is 29.9 Å². The normalized spacial score (nSPS) is 12.3. The molecule has 2 aromatic carbocycles. The molecule has 0 saturated heterocycles. The van der Waals surface area contributed by atoms with Gasteiger partial charge in [0.2, 0.25) is 0 Å². The summed E-state index contributed by atoms with van der Waals surface area (Å²) in [6, 6.07) is 14.3. The van der Waals surface area contributed by atoms with Gasteiger partial charge < -0.3 is 14.4 Å². The van der Waals surface area contributed by atoms with Crippen LogP contribution in [0.2, 0.25) is 0 Å². The highest BCUT2D eigenvalue weighted by molar-refractivity contribution is 7.92. The summed E-state index contributed by atoms with van der Waals surface area (Å²) in [5.74, 6) is 0.530. The lowest BCUT2D eigenvalue weighted by atomic mass is 10.1. The fourth-order valence-corrected chi connectivity index (χ4v) is 4.03. The number of benzene rings is 2. The highest BCUT2D eigenvalue weighted by Gasteiger charge is 2.20. The van der Waals surface area contributed by atoms with Gasteiger partial charge in [-0.1, -0.05) is 0 Å². The number of fused-ring (bicyclic) bond motifs is 1. The summed E-state index contributed by atoms with van der Waals surface area (Å²) in [7, 11) is -3.87. The Balaban J connectivity index is 1.73. The third-order valence-electron chi connectivity index (χ3n) is 4.48. The van der Waals surface area contributed by atoms with E-state index in [-0.39, 0.29) is 42.4 Å². The number of nitriles is 2. The fourth-order valence-electron chi connectivity index (χ4n) is 2.95. The molecule has 1 aliphatic rings. The molecule has 0 aliphatic carbocycles. The third-order valence-corrected chi connectivity index (χ3v) is 5.86. The summed E-state index contributed by atoms with van der Waals surface area (Å²) in [4.78, 5) is 14.1. The van der Waals surface area contributed by atoms with Gasteiger partial charge >= 0.3 is 0 Å². The van der Waals surface area contributed by atoms with E-state index in [9.17, 15) is 13.2 Å². The van der Waals surface area contributed by atoms with Gasteiger partial charge in [0.15, 0.2) is 11.5 Å². The van der Waals surface area contributed by atoms with E-state index in [0.29, 0.717) is 30.3 Å². The van der Waals surface area contributed by atoms with Crippen molar-refractivity contribution in [3.63, 3.8) is 0 Å². The maximum atomic E-state index is 12.7. The molecule has 0 aromatic heterocycles. The fraction of sp³-hybridized carbons (Fsp3) is 0.286. The molecule has 0 spiro atoms. The van der Waals surface area contributed by atoms with Gasteiger partial charge in [0.1, 0.15) is 13.2 Å². The molecule has 10 heteroatoms. The molecule has 160 valence electrons. The second-order valence-electron chi connectivity index (χ2n) is 6.60. The van der Waals surface area contributed by atoms with Gasteiger partial charge in [-0.05, 0) is 36.4 Å². The van der Waals surface area contributed by atoms with Crippen molar-refractivity contribution in [3.05, 3.63) is 48.0 Å². The standard InChI is InChI=1S/C21H20N4O5S/c22-9-1-11-25(12-2-10-23)21(26)16-3-5-17(6-4-16)24-31(27,28)18-7-8-19-20(15-18)30-14-13-29-19/h3-8,15,24H,1-2,11-14H2. The number of nitrogens with zero attached hydrogens (tertiary/aromatic N) is 3. The zero-order valence-corrected chi connectivity index (χ0v) is 17.4. The average molecular weight is 440 g/mol. The SMILES string of the molecule is N#CCCN(CCC#N)C(=O)c1ccc(NS(=O)(=O)c2ccc3c(c2)OCCO3)cc1. The molecule has 0 fully saturated rings. The van der Waals surface area contributed by atoms with Crippen LogP contribution in [0.1, 0.15) is 23.2 Å². The summed E-state index contributed by atoms with van der Waals surface area (Å²) < 4.78 is 38.7. The number of rotatable bonds is 8. The Morgan fingerprint density at radius 2 is 1.58 bits per heavy atom. The van der Waals surface area contributed by atoms with Crippen LogP contribution in [0, 0.1) is 22.7 Å². The van der Waals surface area contributed by atoms with E-state index in [0.717, 1.165) is 0 Å². The Morgan fingerprint density at radius 1 is 0.968 bits per heavy atom. The van der Waals surface area contributed by atoms with Crippen LogP contribution in [0.4, 0.5) is 5.69 Å². The number of carbonyl (C=O) groups excluding carboxylic acids is 1. The maximum Gasteiger partial charge on any atom is 0.262 e. The minimum atomic E-state index is -3.87. The summed E-state index contributed by atoms with van der Waals surface area (Å²) in [5.41, 5.74) is 0.616. The van der Waals surface area contributed by atoms with Gasteiger partial charge in [-0.2, -0.15) is 10.5 Å². The maximum absolute atomic E-state index is 12.7. The van der Waals surface area contributed by atoms with Gasteiger partial charge in [0.25, 0.3) is 15.9 Å². The first-order valence-corrected chi connectivity index (χ1v) is 11.0. The molecule has 9 nitrogen and oxygen atoms in total. The first-order valence-electron chi connectivity index (χ1n) is 9.50. The quantitative estimate of drug-likeness (QED) is 0.667. The Morgan fingerprint density at radius 3 is 2.19 bits per heavy atom. The summed E-state index contributed by atoms with van der Waals surface area (Å²) in [6.45, 7) is 1.19. The predicted octanol–water partition coefficient (Wildman–Crippen LogP) is 2.53. The van der Waals surface area contributed by atoms with Crippen molar-refractivity contribution >= 4 is 21.6 Å². The van der Waals surface area contributed by atoms with Crippen molar-refractivity contribution < 1.29 is 22.7 Å². The van der Waals surface area contributed by atoms with Crippen molar-refractivity contribution in [2.45, 2.75) is 17.7 Å². The number of anilines is 1. The topological polar surface area (TPSA) is 133 Å². The highest BCUT2D eigenvalue weighted by Crippen LogP contribution is 2.32. The number of ether oxygens (including phenoxy) is 2. The minimum Gasteiger partial charge on any atom is -0.486 e. The molecule has 1 N–H and O–H groups in total. The van der Waals surface area contributed by atoms with Crippen LogP contribution in [0.5, 0.6) is 11.5 Å². The van der Waals surface area contributed by atoms with E-state index < -0.39 is 10.0 Å². The lowest BCUT2D eigenvalue weighted by Gasteiger charge is -2.20. The van der Waals surface area contributed by atoms with Gasteiger partial charge in [-0.25, -0.2) is 8.42 Å². The Bertz CT molecular complexity index is 1120. The van der Waals surface area contributed by atoms with Gasteiger partial charge in [0, 0.05) is 30.4 Å². The monoisotopic (exact) mass is 440 g/mol.